The summed E-state index contributed by atoms with van der Waals surface area (Å²) in [4.78, 5) is 26.8. The number of hydrogen-bond donors (Lipinski definition) is 1. The predicted molar refractivity (Wildman–Crippen MR) is 143 cm³/mol. The number of para-hydroxylation sites is 1. The maximum Gasteiger partial charge on any atom is 0.337 e. The third-order valence-electron chi connectivity index (χ3n) is 5.99. The van der Waals surface area contributed by atoms with Crippen molar-refractivity contribution in [3.8, 4) is 16.9 Å². The summed E-state index contributed by atoms with van der Waals surface area (Å²) in [6, 6.07) is 19.3. The Morgan fingerprint density at radius 3 is 1.92 bits per heavy atom. The van der Waals surface area contributed by atoms with Crippen LogP contribution in [0.5, 0.6) is 0 Å². The molecule has 1 aliphatic heterocycles. The number of aromatic nitrogens is 2. The molecule has 7 nitrogen and oxygen atoms in total. The van der Waals surface area contributed by atoms with E-state index in [9.17, 15) is 9.59 Å². The molecular formula is C30H29N3O4. The molecule has 0 spiro atoms. The number of ether oxygens (including phenoxy) is 2. The van der Waals surface area contributed by atoms with Crippen molar-refractivity contribution in [2.45, 2.75) is 19.8 Å². The quantitative estimate of drug-likeness (QED) is 0.323. The zero-order chi connectivity index (χ0) is 26.4. The molecule has 188 valence electrons. The fourth-order valence-electron chi connectivity index (χ4n) is 4.40. The van der Waals surface area contributed by atoms with Gasteiger partial charge in [0.25, 0.3) is 0 Å². The minimum atomic E-state index is -0.788. The molecule has 2 aromatic carbocycles. The molecule has 0 saturated heterocycles. The number of nitrogens with one attached hydrogen (secondary N) is 1. The van der Waals surface area contributed by atoms with Gasteiger partial charge in [-0.3, -0.25) is 0 Å². The molecule has 4 rings (SSSR count). The maximum atomic E-state index is 13.4. The molecule has 0 saturated carbocycles. The second-order valence-electron chi connectivity index (χ2n) is 8.49. The largest absolute Gasteiger partial charge is 0.458 e. The molecule has 1 N–H and O–H groups in total. The molecule has 0 unspecified atom stereocenters. The Hall–Kier alpha value is -4.65. The number of hydrogen-bond acceptors (Lipinski definition) is 6. The molecule has 0 aliphatic carbocycles. The Morgan fingerprint density at radius 2 is 1.41 bits per heavy atom. The van der Waals surface area contributed by atoms with Gasteiger partial charge in [0.05, 0.1) is 28.4 Å². The average molecular weight is 496 g/mol. The number of esters is 2. The van der Waals surface area contributed by atoms with Gasteiger partial charge in [-0.25, -0.2) is 14.3 Å². The molecular weight excluding hydrogens is 466 g/mol. The lowest BCUT2D eigenvalue weighted by Gasteiger charge is -2.30. The lowest BCUT2D eigenvalue weighted by atomic mass is 9.79. The van der Waals surface area contributed by atoms with Gasteiger partial charge in [0.15, 0.2) is 0 Å². The van der Waals surface area contributed by atoms with Crippen molar-refractivity contribution >= 4 is 11.9 Å². The van der Waals surface area contributed by atoms with Crippen molar-refractivity contribution in [2.75, 3.05) is 13.2 Å². The van der Waals surface area contributed by atoms with Crippen LogP contribution in [0.3, 0.4) is 0 Å². The van der Waals surface area contributed by atoms with Crippen molar-refractivity contribution < 1.29 is 19.1 Å². The molecule has 0 radical (unpaired) electrons. The number of carbonyl (C=O) groups is 2. The summed E-state index contributed by atoms with van der Waals surface area (Å²) in [6.45, 7) is 10.9. The van der Waals surface area contributed by atoms with E-state index in [0.717, 1.165) is 11.3 Å². The van der Waals surface area contributed by atoms with Crippen LogP contribution in [0.15, 0.2) is 115 Å². The second kappa shape index (κ2) is 11.4. The van der Waals surface area contributed by atoms with Crippen LogP contribution in [0.2, 0.25) is 0 Å². The Morgan fingerprint density at radius 1 is 0.892 bits per heavy atom. The predicted octanol–water partition coefficient (Wildman–Crippen LogP) is 5.23. The van der Waals surface area contributed by atoms with Crippen LogP contribution in [-0.2, 0) is 19.1 Å². The van der Waals surface area contributed by atoms with Gasteiger partial charge in [-0.2, -0.15) is 5.10 Å². The highest BCUT2D eigenvalue weighted by molar-refractivity contribution is 6.00. The van der Waals surface area contributed by atoms with E-state index in [4.69, 9.17) is 14.6 Å². The SMILES string of the molecule is C=CCOC(=O)C1=C(C)NC(C)=C(C(=O)OCC=C)C1c1cn(-c2ccccc2)nc1-c1ccccc1. The van der Waals surface area contributed by atoms with Crippen LogP contribution in [0.25, 0.3) is 16.9 Å². The van der Waals surface area contributed by atoms with E-state index in [2.05, 4.69) is 18.5 Å². The summed E-state index contributed by atoms with van der Waals surface area (Å²) in [7, 11) is 0. The van der Waals surface area contributed by atoms with Crippen molar-refractivity contribution in [1.82, 2.24) is 15.1 Å². The maximum absolute atomic E-state index is 13.4. The number of allylic oxidation sites excluding steroid dienone is 2. The molecule has 0 atom stereocenters. The zero-order valence-corrected chi connectivity index (χ0v) is 20.9. The first-order valence-electron chi connectivity index (χ1n) is 11.9. The number of nitrogens with zero attached hydrogens (tertiary/aromatic N) is 2. The number of rotatable bonds is 9. The highest BCUT2D eigenvalue weighted by Crippen LogP contribution is 2.43. The third-order valence-corrected chi connectivity index (χ3v) is 5.99. The van der Waals surface area contributed by atoms with E-state index in [1.54, 1.807) is 18.5 Å². The van der Waals surface area contributed by atoms with Crippen molar-refractivity contribution in [1.29, 1.82) is 0 Å². The summed E-state index contributed by atoms with van der Waals surface area (Å²) in [5.41, 5.74) is 4.79. The Labute approximate surface area is 216 Å². The fourth-order valence-corrected chi connectivity index (χ4v) is 4.40. The first kappa shape index (κ1) is 25.4. The summed E-state index contributed by atoms with van der Waals surface area (Å²) >= 11 is 0. The van der Waals surface area contributed by atoms with Gasteiger partial charge >= 0.3 is 11.9 Å². The summed E-state index contributed by atoms with van der Waals surface area (Å²) in [5, 5.41) is 8.07. The Kier molecular flexibility index (Phi) is 7.83. The number of benzene rings is 2. The molecule has 3 aromatic rings. The molecule has 7 heteroatoms. The third kappa shape index (κ3) is 5.30. The smallest absolute Gasteiger partial charge is 0.337 e. The summed E-state index contributed by atoms with van der Waals surface area (Å²) in [6.07, 6.45) is 4.86. The minimum Gasteiger partial charge on any atom is -0.458 e. The van der Waals surface area contributed by atoms with Crippen molar-refractivity contribution in [3.63, 3.8) is 0 Å². The van der Waals surface area contributed by atoms with Crippen molar-refractivity contribution in [3.05, 3.63) is 120 Å². The van der Waals surface area contributed by atoms with Gasteiger partial charge in [0.2, 0.25) is 0 Å². The lowest BCUT2D eigenvalue weighted by Crippen LogP contribution is -2.32. The van der Waals surface area contributed by atoms with Gasteiger partial charge in [0.1, 0.15) is 13.2 Å². The van der Waals surface area contributed by atoms with Gasteiger partial charge in [-0.05, 0) is 26.0 Å². The van der Waals surface area contributed by atoms with Crippen LogP contribution in [-0.4, -0.2) is 34.9 Å². The van der Waals surface area contributed by atoms with Crippen LogP contribution < -0.4 is 5.32 Å². The zero-order valence-electron chi connectivity index (χ0n) is 20.9. The monoisotopic (exact) mass is 495 g/mol. The second-order valence-corrected chi connectivity index (χ2v) is 8.49. The van der Waals surface area contributed by atoms with Gasteiger partial charge in [0, 0.05) is 28.7 Å². The first-order chi connectivity index (χ1) is 18.0. The van der Waals surface area contributed by atoms with E-state index in [0.29, 0.717) is 33.8 Å². The minimum absolute atomic E-state index is 0.0378. The van der Waals surface area contributed by atoms with E-state index < -0.39 is 17.9 Å². The first-order valence-corrected chi connectivity index (χ1v) is 11.9. The van der Waals surface area contributed by atoms with Gasteiger partial charge in [-0.15, -0.1) is 0 Å². The van der Waals surface area contributed by atoms with Crippen LogP contribution >= 0.6 is 0 Å². The molecule has 0 amide bonds. The average Bonchev–Trinajstić information content (AvgIpc) is 3.36. The normalized spacial score (nSPS) is 13.7. The topological polar surface area (TPSA) is 82.5 Å². The van der Waals surface area contributed by atoms with Crippen LogP contribution in [0, 0.1) is 0 Å². The standard InChI is InChI=1S/C30H29N3O4/c1-5-17-36-29(34)25-20(3)31-21(4)26(30(35)37-18-6-2)27(25)24-19-33(23-15-11-8-12-16-23)32-28(24)22-13-9-7-10-14-22/h5-16,19,27,31H,1-2,17-18H2,3-4H3. The highest BCUT2D eigenvalue weighted by Gasteiger charge is 2.40. The van der Waals surface area contributed by atoms with E-state index in [1.807, 2.05) is 66.9 Å². The molecule has 0 bridgehead atoms. The molecule has 1 aromatic heterocycles. The lowest BCUT2D eigenvalue weighted by molar-refractivity contribution is -0.138. The summed E-state index contributed by atoms with van der Waals surface area (Å²) in [5.74, 6) is -1.89. The molecule has 0 fully saturated rings. The van der Waals surface area contributed by atoms with E-state index in [1.165, 1.54) is 12.2 Å². The van der Waals surface area contributed by atoms with Gasteiger partial charge < -0.3 is 14.8 Å². The van der Waals surface area contributed by atoms with Crippen LogP contribution in [0.4, 0.5) is 0 Å². The summed E-state index contributed by atoms with van der Waals surface area (Å²) < 4.78 is 12.7. The number of carbonyl (C=O) groups excluding carboxylic acids is 2. The fraction of sp³-hybridized carbons (Fsp3) is 0.167. The van der Waals surface area contributed by atoms with Crippen LogP contribution in [0.1, 0.15) is 25.3 Å². The van der Waals surface area contributed by atoms with Gasteiger partial charge in [-0.1, -0.05) is 73.8 Å². The Balaban J connectivity index is 1.97. The molecule has 2 heterocycles. The molecule has 37 heavy (non-hydrogen) atoms. The molecule has 1 aliphatic rings. The number of dihydropyridines is 1. The van der Waals surface area contributed by atoms with E-state index in [-0.39, 0.29) is 13.2 Å². The van der Waals surface area contributed by atoms with Crippen molar-refractivity contribution in [2.24, 2.45) is 0 Å². The highest BCUT2D eigenvalue weighted by atomic mass is 16.5. The Bertz CT molecular complexity index is 1340. The van der Waals surface area contributed by atoms with E-state index >= 15 is 0 Å².